The van der Waals surface area contributed by atoms with E-state index in [9.17, 15) is 0 Å². The minimum absolute atomic E-state index is 0.141. The highest BCUT2D eigenvalue weighted by Crippen LogP contribution is 2.40. The number of rotatable bonds is 5. The van der Waals surface area contributed by atoms with E-state index in [4.69, 9.17) is 14.2 Å². The van der Waals surface area contributed by atoms with Gasteiger partial charge >= 0.3 is 5.97 Å². The summed E-state index contributed by atoms with van der Waals surface area (Å²) in [7, 11) is 0. The van der Waals surface area contributed by atoms with Gasteiger partial charge in [0, 0.05) is 13.2 Å². The minimum atomic E-state index is -0.682. The molecule has 3 heteroatoms. The van der Waals surface area contributed by atoms with Crippen LogP contribution in [0, 0.1) is 0 Å². The molecule has 0 aromatic heterocycles. The summed E-state index contributed by atoms with van der Waals surface area (Å²) in [4.78, 5) is 0. The predicted molar refractivity (Wildman–Crippen MR) is 41.1 cm³/mol. The zero-order valence-electron chi connectivity index (χ0n) is 7.42. The van der Waals surface area contributed by atoms with Gasteiger partial charge in [-0.25, -0.2) is 0 Å². The standard InChI is InChI=1S/C8H16O3/c1-4-7-8(11-7,9-5-2)10-6-3/h7H,4-6H2,1-3H3. The number of epoxide rings is 1. The second kappa shape index (κ2) is 3.52. The smallest absolute Gasteiger partial charge is 0.311 e. The molecule has 1 saturated heterocycles. The van der Waals surface area contributed by atoms with Gasteiger partial charge in [0.25, 0.3) is 0 Å². The second-order valence-corrected chi connectivity index (χ2v) is 2.48. The van der Waals surface area contributed by atoms with Crippen LogP contribution in [0.5, 0.6) is 0 Å². The van der Waals surface area contributed by atoms with Gasteiger partial charge in [0.15, 0.2) is 0 Å². The van der Waals surface area contributed by atoms with E-state index in [2.05, 4.69) is 6.92 Å². The van der Waals surface area contributed by atoms with Crippen LogP contribution in [0.3, 0.4) is 0 Å². The first kappa shape index (κ1) is 8.97. The Labute approximate surface area is 67.6 Å². The first-order valence-corrected chi connectivity index (χ1v) is 4.24. The Morgan fingerprint density at radius 3 is 2.00 bits per heavy atom. The van der Waals surface area contributed by atoms with E-state index in [1.807, 2.05) is 13.8 Å². The lowest BCUT2D eigenvalue weighted by molar-refractivity contribution is -0.223. The Morgan fingerprint density at radius 1 is 1.18 bits per heavy atom. The maximum atomic E-state index is 5.34. The summed E-state index contributed by atoms with van der Waals surface area (Å²) < 4.78 is 16.0. The van der Waals surface area contributed by atoms with E-state index in [-0.39, 0.29) is 6.10 Å². The van der Waals surface area contributed by atoms with Gasteiger partial charge in [0.05, 0.1) is 0 Å². The summed E-state index contributed by atoms with van der Waals surface area (Å²) in [5.41, 5.74) is 0. The monoisotopic (exact) mass is 160 g/mol. The van der Waals surface area contributed by atoms with Crippen molar-refractivity contribution in [1.29, 1.82) is 0 Å². The molecule has 0 spiro atoms. The van der Waals surface area contributed by atoms with Gasteiger partial charge in [0.2, 0.25) is 0 Å². The van der Waals surface area contributed by atoms with E-state index in [1.165, 1.54) is 0 Å². The lowest BCUT2D eigenvalue weighted by Gasteiger charge is -2.11. The molecule has 11 heavy (non-hydrogen) atoms. The molecule has 0 saturated carbocycles. The van der Waals surface area contributed by atoms with Crippen molar-refractivity contribution in [1.82, 2.24) is 0 Å². The van der Waals surface area contributed by atoms with Gasteiger partial charge in [-0.2, -0.15) is 0 Å². The quantitative estimate of drug-likeness (QED) is 0.451. The van der Waals surface area contributed by atoms with Crippen LogP contribution in [0.15, 0.2) is 0 Å². The largest absolute Gasteiger partial charge is 0.326 e. The molecule has 3 nitrogen and oxygen atoms in total. The molecular weight excluding hydrogens is 144 g/mol. The van der Waals surface area contributed by atoms with E-state index in [0.717, 1.165) is 6.42 Å². The minimum Gasteiger partial charge on any atom is -0.326 e. The molecule has 0 radical (unpaired) electrons. The van der Waals surface area contributed by atoms with Crippen LogP contribution in [-0.2, 0) is 14.2 Å². The molecule has 0 N–H and O–H groups in total. The first-order chi connectivity index (χ1) is 5.29. The molecule has 1 rings (SSSR count). The Balaban J connectivity index is 2.35. The third-order valence-corrected chi connectivity index (χ3v) is 1.71. The summed E-state index contributed by atoms with van der Waals surface area (Å²) in [5, 5.41) is 0. The third-order valence-electron chi connectivity index (χ3n) is 1.71. The van der Waals surface area contributed by atoms with Crippen molar-refractivity contribution in [3.05, 3.63) is 0 Å². The van der Waals surface area contributed by atoms with Crippen LogP contribution < -0.4 is 0 Å². The van der Waals surface area contributed by atoms with Crippen molar-refractivity contribution >= 4 is 0 Å². The fourth-order valence-electron chi connectivity index (χ4n) is 1.20. The van der Waals surface area contributed by atoms with Crippen molar-refractivity contribution < 1.29 is 14.2 Å². The topological polar surface area (TPSA) is 31.0 Å². The van der Waals surface area contributed by atoms with E-state index < -0.39 is 5.97 Å². The third kappa shape index (κ3) is 1.72. The lowest BCUT2D eigenvalue weighted by Crippen LogP contribution is -2.23. The van der Waals surface area contributed by atoms with Crippen molar-refractivity contribution in [2.75, 3.05) is 13.2 Å². The average molecular weight is 160 g/mol. The Bertz CT molecular complexity index is 119. The number of hydrogen-bond donors (Lipinski definition) is 0. The van der Waals surface area contributed by atoms with Crippen molar-refractivity contribution in [3.63, 3.8) is 0 Å². The van der Waals surface area contributed by atoms with Gasteiger partial charge in [0.1, 0.15) is 6.10 Å². The van der Waals surface area contributed by atoms with Crippen LogP contribution in [-0.4, -0.2) is 25.3 Å². The zero-order chi connectivity index (χ0) is 8.32. The highest BCUT2D eigenvalue weighted by molar-refractivity contribution is 4.85. The van der Waals surface area contributed by atoms with Gasteiger partial charge in [-0.05, 0) is 20.3 Å². The van der Waals surface area contributed by atoms with Gasteiger partial charge in [-0.3, -0.25) is 0 Å². The molecule has 1 aliphatic rings. The molecule has 1 atom stereocenters. The van der Waals surface area contributed by atoms with Gasteiger partial charge < -0.3 is 14.2 Å². The predicted octanol–water partition coefficient (Wildman–Crippen LogP) is 1.52. The Morgan fingerprint density at radius 2 is 1.73 bits per heavy atom. The van der Waals surface area contributed by atoms with Crippen LogP contribution in [0.25, 0.3) is 0 Å². The SMILES string of the molecule is CCOC1(OCC)OC1CC. The number of ether oxygens (including phenoxy) is 3. The average Bonchev–Trinajstić information content (AvgIpc) is 2.65. The molecule has 1 heterocycles. The van der Waals surface area contributed by atoms with Crippen LogP contribution >= 0.6 is 0 Å². The molecular formula is C8H16O3. The lowest BCUT2D eigenvalue weighted by atomic mass is 10.3. The molecule has 0 aromatic carbocycles. The van der Waals surface area contributed by atoms with Gasteiger partial charge in [-0.15, -0.1) is 0 Å². The van der Waals surface area contributed by atoms with E-state index >= 15 is 0 Å². The van der Waals surface area contributed by atoms with Gasteiger partial charge in [-0.1, -0.05) is 6.92 Å². The fraction of sp³-hybridized carbons (Fsp3) is 1.00. The van der Waals surface area contributed by atoms with Crippen LogP contribution in [0.4, 0.5) is 0 Å². The molecule has 66 valence electrons. The summed E-state index contributed by atoms with van der Waals surface area (Å²) >= 11 is 0. The van der Waals surface area contributed by atoms with Crippen LogP contribution in [0.2, 0.25) is 0 Å². The van der Waals surface area contributed by atoms with Crippen molar-refractivity contribution in [3.8, 4) is 0 Å². The van der Waals surface area contributed by atoms with E-state index in [1.54, 1.807) is 0 Å². The summed E-state index contributed by atoms with van der Waals surface area (Å²) in [6.45, 7) is 7.21. The number of hydrogen-bond acceptors (Lipinski definition) is 3. The normalized spacial score (nSPS) is 27.0. The molecule has 0 bridgehead atoms. The Kier molecular flexibility index (Phi) is 2.87. The zero-order valence-corrected chi connectivity index (χ0v) is 7.42. The van der Waals surface area contributed by atoms with Crippen LogP contribution in [0.1, 0.15) is 27.2 Å². The first-order valence-electron chi connectivity index (χ1n) is 4.24. The highest BCUT2D eigenvalue weighted by atomic mass is 16.9. The van der Waals surface area contributed by atoms with Crippen molar-refractivity contribution in [2.24, 2.45) is 0 Å². The van der Waals surface area contributed by atoms with Crippen molar-refractivity contribution in [2.45, 2.75) is 39.3 Å². The molecule has 1 aliphatic heterocycles. The second-order valence-electron chi connectivity index (χ2n) is 2.48. The maximum Gasteiger partial charge on any atom is 0.311 e. The molecule has 0 aliphatic carbocycles. The maximum absolute atomic E-state index is 5.34. The Hall–Kier alpha value is -0.120. The molecule has 1 fully saturated rings. The fourth-order valence-corrected chi connectivity index (χ4v) is 1.20. The van der Waals surface area contributed by atoms with E-state index in [0.29, 0.717) is 13.2 Å². The molecule has 0 aromatic rings. The highest BCUT2D eigenvalue weighted by Gasteiger charge is 2.58. The summed E-state index contributed by atoms with van der Waals surface area (Å²) in [6.07, 6.45) is 1.09. The summed E-state index contributed by atoms with van der Waals surface area (Å²) in [5.74, 6) is -0.682. The molecule has 1 unspecified atom stereocenters. The molecule has 0 amide bonds. The summed E-state index contributed by atoms with van der Waals surface area (Å²) in [6, 6.07) is 0.